The van der Waals surface area contributed by atoms with Crippen LogP contribution in [0.4, 0.5) is 0 Å². The van der Waals surface area contributed by atoms with Gasteiger partial charge in [0, 0.05) is 0 Å². The average Bonchev–Trinajstić information content (AvgIpc) is 2.26. The summed E-state index contributed by atoms with van der Waals surface area (Å²) in [6, 6.07) is 9.20. The molecule has 1 aromatic rings. The number of halogens is 2. The minimum atomic E-state index is -1.47. The standard InChI is InChI=1S/C10H9Cl2NO2S/c11-9(12)10(13-7-14)16(15)6-8-4-2-1-3-5-8/h1-5,7H,6H2,(H,13,14)/t16-/m1/s1. The molecule has 1 N–H and O–H groups in total. The Labute approximate surface area is 106 Å². The fourth-order valence-electron chi connectivity index (χ4n) is 1.06. The smallest absolute Gasteiger partial charge is 0.212 e. The highest BCUT2D eigenvalue weighted by Crippen LogP contribution is 2.17. The minimum Gasteiger partial charge on any atom is -0.319 e. The van der Waals surface area contributed by atoms with Crippen LogP contribution in [0.5, 0.6) is 0 Å². The fraction of sp³-hybridized carbons (Fsp3) is 0.100. The maximum absolute atomic E-state index is 11.8. The van der Waals surface area contributed by atoms with Crippen molar-refractivity contribution in [3.05, 3.63) is 45.4 Å². The topological polar surface area (TPSA) is 46.2 Å². The van der Waals surface area contributed by atoms with Gasteiger partial charge in [0.05, 0.1) is 16.6 Å². The predicted molar refractivity (Wildman–Crippen MR) is 66.2 cm³/mol. The normalized spacial score (nSPS) is 11.6. The highest BCUT2D eigenvalue weighted by atomic mass is 35.5. The molecule has 1 aromatic carbocycles. The van der Waals surface area contributed by atoms with Crippen LogP contribution in [0.1, 0.15) is 5.56 Å². The molecule has 0 aliphatic heterocycles. The number of nitrogens with one attached hydrogen (secondary N) is 1. The van der Waals surface area contributed by atoms with Crippen LogP contribution in [-0.4, -0.2) is 10.6 Å². The number of rotatable bonds is 5. The van der Waals surface area contributed by atoms with E-state index in [0.717, 1.165) is 5.56 Å². The second-order valence-electron chi connectivity index (χ2n) is 2.83. The van der Waals surface area contributed by atoms with Gasteiger partial charge in [0.25, 0.3) is 0 Å². The summed E-state index contributed by atoms with van der Waals surface area (Å²) >= 11 is 11.0. The van der Waals surface area contributed by atoms with Crippen molar-refractivity contribution < 1.29 is 9.00 Å². The monoisotopic (exact) mass is 277 g/mol. The SMILES string of the molecule is O=CNC(=C(Cl)Cl)[S@](=O)Cc1ccccc1. The molecular weight excluding hydrogens is 269 g/mol. The lowest BCUT2D eigenvalue weighted by Crippen LogP contribution is -2.16. The summed E-state index contributed by atoms with van der Waals surface area (Å²) in [7, 11) is -1.47. The van der Waals surface area contributed by atoms with Crippen LogP contribution in [-0.2, 0) is 21.3 Å². The highest BCUT2D eigenvalue weighted by Gasteiger charge is 2.11. The molecule has 0 heterocycles. The van der Waals surface area contributed by atoms with E-state index in [4.69, 9.17) is 23.2 Å². The largest absolute Gasteiger partial charge is 0.319 e. The maximum atomic E-state index is 11.8. The summed E-state index contributed by atoms with van der Waals surface area (Å²) < 4.78 is 11.6. The first-order chi connectivity index (χ1) is 7.65. The summed E-state index contributed by atoms with van der Waals surface area (Å²) in [5, 5.41) is 2.27. The third kappa shape index (κ3) is 3.96. The van der Waals surface area contributed by atoms with E-state index >= 15 is 0 Å². The van der Waals surface area contributed by atoms with Crippen LogP contribution in [0.2, 0.25) is 0 Å². The molecule has 0 unspecified atom stereocenters. The molecule has 1 amide bonds. The Morgan fingerprint density at radius 1 is 1.31 bits per heavy atom. The van der Waals surface area contributed by atoms with E-state index in [-0.39, 0.29) is 15.3 Å². The average molecular weight is 278 g/mol. The summed E-state index contributed by atoms with van der Waals surface area (Å²) in [5.74, 6) is 0.250. The highest BCUT2D eigenvalue weighted by molar-refractivity contribution is 7.88. The molecule has 1 rings (SSSR count). The minimum absolute atomic E-state index is 0.0298. The van der Waals surface area contributed by atoms with Gasteiger partial charge in [0.2, 0.25) is 6.41 Å². The van der Waals surface area contributed by atoms with Gasteiger partial charge in [-0.15, -0.1) is 0 Å². The van der Waals surface area contributed by atoms with E-state index in [2.05, 4.69) is 5.32 Å². The first-order valence-electron chi connectivity index (χ1n) is 4.33. The summed E-state index contributed by atoms with van der Waals surface area (Å²) in [4.78, 5) is 10.3. The van der Waals surface area contributed by atoms with E-state index in [0.29, 0.717) is 6.41 Å². The molecule has 0 saturated heterocycles. The van der Waals surface area contributed by atoms with Crippen molar-refractivity contribution in [1.29, 1.82) is 0 Å². The van der Waals surface area contributed by atoms with Gasteiger partial charge < -0.3 is 5.32 Å². The lowest BCUT2D eigenvalue weighted by Gasteiger charge is -2.05. The van der Waals surface area contributed by atoms with Gasteiger partial charge in [-0.05, 0) is 5.56 Å². The Morgan fingerprint density at radius 2 is 1.94 bits per heavy atom. The molecule has 6 heteroatoms. The van der Waals surface area contributed by atoms with Crippen LogP contribution in [0, 0.1) is 0 Å². The maximum Gasteiger partial charge on any atom is 0.212 e. The Morgan fingerprint density at radius 3 is 2.44 bits per heavy atom. The molecule has 0 fully saturated rings. The molecule has 1 atom stereocenters. The molecule has 3 nitrogen and oxygen atoms in total. The quantitative estimate of drug-likeness (QED) is 0.840. The van der Waals surface area contributed by atoms with Gasteiger partial charge in [0.15, 0.2) is 0 Å². The second-order valence-corrected chi connectivity index (χ2v) is 5.16. The van der Waals surface area contributed by atoms with E-state index in [1.54, 1.807) is 0 Å². The van der Waals surface area contributed by atoms with Crippen molar-refractivity contribution in [2.45, 2.75) is 5.75 Å². The zero-order valence-electron chi connectivity index (χ0n) is 8.15. The molecule has 0 aliphatic rings. The Bertz CT molecular complexity index is 416. The van der Waals surface area contributed by atoms with E-state index in [1.165, 1.54) is 0 Å². The number of benzene rings is 1. The Balaban J connectivity index is 2.79. The molecule has 16 heavy (non-hydrogen) atoms. The van der Waals surface area contributed by atoms with Crippen molar-refractivity contribution in [3.8, 4) is 0 Å². The van der Waals surface area contributed by atoms with E-state index in [9.17, 15) is 9.00 Å². The van der Waals surface area contributed by atoms with Gasteiger partial charge in [-0.25, -0.2) is 0 Å². The zero-order valence-corrected chi connectivity index (χ0v) is 10.5. The first-order valence-corrected chi connectivity index (χ1v) is 6.40. The fourth-order valence-corrected chi connectivity index (χ4v) is 2.67. The van der Waals surface area contributed by atoms with Crippen LogP contribution in [0.15, 0.2) is 39.9 Å². The van der Waals surface area contributed by atoms with Gasteiger partial charge >= 0.3 is 0 Å². The van der Waals surface area contributed by atoms with Crippen molar-refractivity contribution >= 4 is 40.4 Å². The third-order valence-corrected chi connectivity index (χ3v) is 3.70. The molecule has 0 radical (unpaired) electrons. The molecule has 86 valence electrons. The lowest BCUT2D eigenvalue weighted by molar-refractivity contribution is -0.108. The van der Waals surface area contributed by atoms with Crippen molar-refractivity contribution in [2.75, 3.05) is 0 Å². The van der Waals surface area contributed by atoms with Crippen molar-refractivity contribution in [2.24, 2.45) is 0 Å². The molecule has 0 aliphatic carbocycles. The molecular formula is C10H9Cl2NO2S. The predicted octanol–water partition coefficient (Wildman–Crippen LogP) is 2.29. The van der Waals surface area contributed by atoms with Crippen molar-refractivity contribution in [1.82, 2.24) is 5.32 Å². The van der Waals surface area contributed by atoms with E-state index < -0.39 is 10.8 Å². The molecule has 0 aromatic heterocycles. The summed E-state index contributed by atoms with van der Waals surface area (Å²) in [5.41, 5.74) is 0.876. The first kappa shape index (κ1) is 13.2. The third-order valence-electron chi connectivity index (χ3n) is 1.73. The summed E-state index contributed by atoms with van der Waals surface area (Å²) in [6.07, 6.45) is 0.392. The zero-order chi connectivity index (χ0) is 12.0. The van der Waals surface area contributed by atoms with Crippen molar-refractivity contribution in [3.63, 3.8) is 0 Å². The van der Waals surface area contributed by atoms with Crippen LogP contribution in [0.25, 0.3) is 0 Å². The second kappa shape index (κ2) is 6.68. The number of carbonyl (C=O) groups is 1. The van der Waals surface area contributed by atoms with Gasteiger partial charge in [-0.2, -0.15) is 0 Å². The molecule has 0 spiro atoms. The number of hydrogen-bond acceptors (Lipinski definition) is 2. The Hall–Kier alpha value is -0.840. The lowest BCUT2D eigenvalue weighted by atomic mass is 10.2. The molecule has 0 saturated carbocycles. The van der Waals surface area contributed by atoms with Gasteiger partial charge in [-0.1, -0.05) is 53.5 Å². The van der Waals surface area contributed by atoms with Crippen LogP contribution in [0.3, 0.4) is 0 Å². The van der Waals surface area contributed by atoms with Crippen LogP contribution >= 0.6 is 23.2 Å². The van der Waals surface area contributed by atoms with Gasteiger partial charge in [0.1, 0.15) is 9.52 Å². The number of amides is 1. The summed E-state index contributed by atoms with van der Waals surface area (Å²) in [6.45, 7) is 0. The number of carbonyl (C=O) groups excluding carboxylic acids is 1. The molecule has 0 bridgehead atoms. The van der Waals surface area contributed by atoms with Gasteiger partial charge in [-0.3, -0.25) is 9.00 Å². The van der Waals surface area contributed by atoms with E-state index in [1.807, 2.05) is 30.3 Å². The Kier molecular flexibility index (Phi) is 5.52. The number of hydrogen-bond donors (Lipinski definition) is 1. The van der Waals surface area contributed by atoms with Crippen LogP contribution < -0.4 is 5.32 Å².